The summed E-state index contributed by atoms with van der Waals surface area (Å²) in [6, 6.07) is 0. The van der Waals surface area contributed by atoms with Crippen LogP contribution in [0.4, 0.5) is 0 Å². The van der Waals surface area contributed by atoms with Gasteiger partial charge in [0.05, 0.1) is 6.10 Å². The minimum Gasteiger partial charge on any atom is -0.437 e. The second-order valence-electron chi connectivity index (χ2n) is 8.94. The Hall–Kier alpha value is 0.230. The molecule has 0 bridgehead atoms. The molecule has 6 unspecified atom stereocenters. The Bertz CT molecular complexity index is 621. The van der Waals surface area contributed by atoms with Gasteiger partial charge in [-0.15, -0.1) is 0 Å². The van der Waals surface area contributed by atoms with Crippen molar-refractivity contribution in [2.24, 2.45) is 17.3 Å². The van der Waals surface area contributed by atoms with E-state index in [9.17, 15) is 14.4 Å². The summed E-state index contributed by atoms with van der Waals surface area (Å²) in [6.45, 7) is 6.02. The summed E-state index contributed by atoms with van der Waals surface area (Å²) in [6.07, 6.45) is 11.5. The Morgan fingerprint density at radius 2 is 1.87 bits per heavy atom. The average molecular weight is 508 g/mol. The Morgan fingerprint density at radius 3 is 2.48 bits per heavy atom. The van der Waals surface area contributed by atoms with Crippen molar-refractivity contribution in [2.45, 2.75) is 91.1 Å². The highest BCUT2D eigenvalue weighted by Gasteiger charge is 2.42. The number of hydrogen-bond donors (Lipinski definition) is 0. The largest absolute Gasteiger partial charge is 0.437 e. The maximum Gasteiger partial charge on any atom is 0.309 e. The lowest BCUT2D eigenvalue weighted by atomic mass is 9.80. The van der Waals surface area contributed by atoms with Crippen LogP contribution in [-0.4, -0.2) is 23.6 Å². The number of hydrogen-bond acceptors (Lipinski definition) is 5. The summed E-state index contributed by atoms with van der Waals surface area (Å²) >= 11 is 0. The Labute approximate surface area is 196 Å². The molecular formula is C22H40O5P4. The molecule has 0 heterocycles. The average Bonchev–Trinajstić information content (AvgIpc) is 3.01. The second-order valence-corrected chi connectivity index (χ2v) is 15.0. The van der Waals surface area contributed by atoms with Crippen molar-refractivity contribution in [3.05, 3.63) is 12.2 Å². The summed E-state index contributed by atoms with van der Waals surface area (Å²) in [4.78, 5) is 36.6. The molecule has 0 saturated heterocycles. The molecule has 1 saturated carbocycles. The van der Waals surface area contributed by atoms with Gasteiger partial charge in [-0.25, -0.2) is 0 Å². The minimum atomic E-state index is -0.787. The van der Waals surface area contributed by atoms with Crippen LogP contribution in [0.3, 0.4) is 0 Å². The first-order chi connectivity index (χ1) is 14.6. The van der Waals surface area contributed by atoms with E-state index in [2.05, 4.69) is 39.5 Å². The number of carbonyl (C=O) groups excluding carboxylic acids is 3. The second kappa shape index (κ2) is 15.2. The van der Waals surface area contributed by atoms with Gasteiger partial charge in [-0.05, 0) is 44.4 Å². The molecule has 0 N–H and O–H groups in total. The molecule has 9 heteroatoms. The fourth-order valence-corrected chi connectivity index (χ4v) is 5.24. The van der Waals surface area contributed by atoms with E-state index < -0.39 is 7.53 Å². The van der Waals surface area contributed by atoms with E-state index in [1.807, 2.05) is 20.8 Å². The monoisotopic (exact) mass is 508 g/mol. The maximum atomic E-state index is 12.5. The number of allylic oxidation sites excluding steroid dienone is 2. The first-order valence-electron chi connectivity index (χ1n) is 11.2. The van der Waals surface area contributed by atoms with Crippen LogP contribution in [0.2, 0.25) is 0 Å². The first-order valence-corrected chi connectivity index (χ1v) is 16.2. The molecule has 0 aromatic rings. The predicted octanol–water partition coefficient (Wildman–Crippen LogP) is 6.57. The molecule has 0 aromatic carbocycles. The topological polar surface area (TPSA) is 69.7 Å². The van der Waals surface area contributed by atoms with E-state index in [-0.39, 0.29) is 40.9 Å². The van der Waals surface area contributed by atoms with Crippen LogP contribution < -0.4 is 0 Å². The maximum absolute atomic E-state index is 12.5. The van der Waals surface area contributed by atoms with E-state index in [0.717, 1.165) is 32.1 Å². The van der Waals surface area contributed by atoms with Gasteiger partial charge in [0.15, 0.2) is 0 Å². The van der Waals surface area contributed by atoms with E-state index in [1.165, 1.54) is 0 Å². The van der Waals surface area contributed by atoms with Crippen molar-refractivity contribution < 1.29 is 23.4 Å². The van der Waals surface area contributed by atoms with Crippen molar-refractivity contribution in [3.63, 3.8) is 0 Å². The zero-order valence-electron chi connectivity index (χ0n) is 19.2. The van der Waals surface area contributed by atoms with Crippen LogP contribution >= 0.6 is 34.8 Å². The van der Waals surface area contributed by atoms with Crippen molar-refractivity contribution in [1.82, 2.24) is 0 Å². The standard InChI is InChI=1S/C22H40O5P4/c1-4-22(2,3)20(24)14-13-17-16(18(23)15-19(17)26-28)11-9-7-5-6-8-10-12-21(25)27-31(29)30/h7,9,16-17,19H,4-6,8,10-15,28-30H2,1-3H3/b9-7+. The van der Waals surface area contributed by atoms with Gasteiger partial charge in [0.1, 0.15) is 19.1 Å². The van der Waals surface area contributed by atoms with E-state index in [4.69, 9.17) is 9.05 Å². The summed E-state index contributed by atoms with van der Waals surface area (Å²) in [5.41, 5.74) is -0.306. The quantitative estimate of drug-likeness (QED) is 0.142. The molecule has 0 spiro atoms. The van der Waals surface area contributed by atoms with Crippen LogP contribution in [0.5, 0.6) is 0 Å². The SMILES string of the molecule is CCC(C)(C)C(=O)CCC1C(OP)CC(=O)C1C/C=C/CCCCCC(=O)OP(P)P. The van der Waals surface area contributed by atoms with Gasteiger partial charge >= 0.3 is 5.97 Å². The van der Waals surface area contributed by atoms with E-state index >= 15 is 0 Å². The number of ketones is 2. The molecule has 31 heavy (non-hydrogen) atoms. The molecule has 5 nitrogen and oxygen atoms in total. The lowest BCUT2D eigenvalue weighted by Crippen LogP contribution is -2.27. The zero-order valence-corrected chi connectivity index (χ0v) is 23.5. The van der Waals surface area contributed by atoms with E-state index in [1.54, 1.807) is 0 Å². The summed E-state index contributed by atoms with van der Waals surface area (Å²) in [5.74, 6) is 0.399. The lowest BCUT2D eigenvalue weighted by molar-refractivity contribution is -0.133. The minimum absolute atomic E-state index is 0.0668. The van der Waals surface area contributed by atoms with Crippen molar-refractivity contribution in [1.29, 1.82) is 0 Å². The normalized spacial score (nSPS) is 21.9. The number of carbonyl (C=O) groups is 3. The Balaban J connectivity index is 2.42. The molecule has 0 amide bonds. The Kier molecular flexibility index (Phi) is 14.3. The molecule has 0 radical (unpaired) electrons. The fraction of sp³-hybridized carbons (Fsp3) is 0.773. The third kappa shape index (κ3) is 10.8. The van der Waals surface area contributed by atoms with Crippen molar-refractivity contribution in [2.75, 3.05) is 0 Å². The van der Waals surface area contributed by atoms with Gasteiger partial charge < -0.3 is 9.05 Å². The van der Waals surface area contributed by atoms with Gasteiger partial charge in [0.2, 0.25) is 0 Å². The zero-order chi connectivity index (χ0) is 23.4. The number of Topliss-reactive ketones (excluding diaryl/α,β-unsaturated/α-hetero) is 2. The highest BCUT2D eigenvalue weighted by molar-refractivity contribution is 8.41. The predicted molar refractivity (Wildman–Crippen MR) is 139 cm³/mol. The molecule has 0 aliphatic heterocycles. The molecule has 1 rings (SSSR count). The number of unbranched alkanes of at least 4 members (excludes halogenated alkanes) is 3. The summed E-state index contributed by atoms with van der Waals surface area (Å²) in [7, 11) is 6.47. The fourth-order valence-electron chi connectivity index (χ4n) is 3.91. The summed E-state index contributed by atoms with van der Waals surface area (Å²) in [5, 5.41) is 0. The van der Waals surface area contributed by atoms with Crippen LogP contribution in [-0.2, 0) is 23.4 Å². The first kappa shape index (κ1) is 29.3. The summed E-state index contributed by atoms with van der Waals surface area (Å²) < 4.78 is 10.6. The third-order valence-corrected chi connectivity index (χ3v) is 7.74. The van der Waals surface area contributed by atoms with Gasteiger partial charge in [-0.2, -0.15) is 0 Å². The molecule has 6 atom stereocenters. The van der Waals surface area contributed by atoms with Crippen LogP contribution in [0, 0.1) is 17.3 Å². The van der Waals surface area contributed by atoms with Crippen LogP contribution in [0.1, 0.15) is 85.0 Å². The molecule has 1 aliphatic rings. The number of rotatable bonds is 15. The van der Waals surface area contributed by atoms with Crippen molar-refractivity contribution >= 4 is 52.4 Å². The Morgan fingerprint density at radius 1 is 1.16 bits per heavy atom. The molecule has 0 aromatic heterocycles. The molecular weight excluding hydrogens is 468 g/mol. The third-order valence-electron chi connectivity index (χ3n) is 6.34. The molecule has 1 fully saturated rings. The van der Waals surface area contributed by atoms with Gasteiger partial charge in [-0.3, -0.25) is 14.4 Å². The van der Waals surface area contributed by atoms with Gasteiger partial charge in [0, 0.05) is 40.1 Å². The van der Waals surface area contributed by atoms with Crippen LogP contribution in [0.25, 0.3) is 0 Å². The molecule has 178 valence electrons. The van der Waals surface area contributed by atoms with Gasteiger partial charge in [0.25, 0.3) is 0 Å². The van der Waals surface area contributed by atoms with Gasteiger partial charge in [-0.1, -0.05) is 57.2 Å². The van der Waals surface area contributed by atoms with Crippen LogP contribution in [0.15, 0.2) is 12.2 Å². The van der Waals surface area contributed by atoms with E-state index in [0.29, 0.717) is 32.1 Å². The lowest BCUT2D eigenvalue weighted by Gasteiger charge is -2.25. The highest BCUT2D eigenvalue weighted by Crippen LogP contribution is 2.53. The molecule has 1 aliphatic carbocycles. The highest BCUT2D eigenvalue weighted by atomic mass is 32.4. The van der Waals surface area contributed by atoms with Crippen molar-refractivity contribution in [3.8, 4) is 0 Å². The smallest absolute Gasteiger partial charge is 0.309 e.